The third-order valence-corrected chi connectivity index (χ3v) is 3.20. The van der Waals surface area contributed by atoms with Gasteiger partial charge in [0.05, 0.1) is 17.3 Å². The Morgan fingerprint density at radius 3 is 2.52 bits per heavy atom. The van der Waals surface area contributed by atoms with Gasteiger partial charge in [-0.2, -0.15) is 0 Å². The second-order valence-corrected chi connectivity index (χ2v) is 4.62. The van der Waals surface area contributed by atoms with Gasteiger partial charge in [-0.3, -0.25) is 9.78 Å². The summed E-state index contributed by atoms with van der Waals surface area (Å²) in [6.45, 7) is 3.47. The summed E-state index contributed by atoms with van der Waals surface area (Å²) < 4.78 is 0. The van der Waals surface area contributed by atoms with Crippen LogP contribution in [0, 0.1) is 13.8 Å². The molecule has 0 saturated heterocycles. The molecule has 3 N–H and O–H groups in total. The second kappa shape index (κ2) is 5.62. The number of amides is 1. The van der Waals surface area contributed by atoms with Gasteiger partial charge < -0.3 is 15.5 Å². The molecule has 0 radical (unpaired) electrons. The molecule has 0 aliphatic carbocycles. The maximum atomic E-state index is 12.1. The largest absolute Gasteiger partial charge is 0.505 e. The Morgan fingerprint density at radius 2 is 1.90 bits per heavy atom. The summed E-state index contributed by atoms with van der Waals surface area (Å²) in [6.07, 6.45) is 2.55. The summed E-state index contributed by atoms with van der Waals surface area (Å²) in [5.74, 6) is -1.83. The number of carboxylic acids is 1. The van der Waals surface area contributed by atoms with Gasteiger partial charge in [-0.15, -0.1) is 0 Å². The van der Waals surface area contributed by atoms with Crippen LogP contribution >= 0.6 is 0 Å². The number of hydrogen-bond donors (Lipinski definition) is 3. The minimum atomic E-state index is -1.06. The summed E-state index contributed by atoms with van der Waals surface area (Å²) in [5, 5.41) is 21.3. The van der Waals surface area contributed by atoms with Gasteiger partial charge in [0.15, 0.2) is 0 Å². The van der Waals surface area contributed by atoms with E-state index in [1.807, 2.05) is 0 Å². The summed E-state index contributed by atoms with van der Waals surface area (Å²) in [7, 11) is 0. The maximum Gasteiger partial charge on any atom is 0.336 e. The molecule has 1 amide bonds. The van der Waals surface area contributed by atoms with Crippen LogP contribution in [0.5, 0.6) is 5.75 Å². The first-order valence-electron chi connectivity index (χ1n) is 6.19. The molecule has 0 bridgehead atoms. The topological polar surface area (TPSA) is 99.5 Å². The fraction of sp³-hybridized carbons (Fsp3) is 0.133. The summed E-state index contributed by atoms with van der Waals surface area (Å²) in [4.78, 5) is 26.9. The van der Waals surface area contributed by atoms with Crippen LogP contribution in [-0.2, 0) is 0 Å². The molecule has 6 nitrogen and oxygen atoms in total. The summed E-state index contributed by atoms with van der Waals surface area (Å²) in [5.41, 5.74) is 1.96. The third-order valence-electron chi connectivity index (χ3n) is 3.20. The highest BCUT2D eigenvalue weighted by molar-refractivity contribution is 6.06. The highest BCUT2D eigenvalue weighted by Crippen LogP contribution is 2.22. The molecule has 0 saturated carbocycles. The zero-order valence-corrected chi connectivity index (χ0v) is 11.5. The Morgan fingerprint density at radius 1 is 1.19 bits per heavy atom. The molecule has 108 valence electrons. The predicted octanol–water partition coefficient (Wildman–Crippen LogP) is 2.35. The molecule has 0 aliphatic heterocycles. The normalized spacial score (nSPS) is 10.2. The van der Waals surface area contributed by atoms with E-state index in [-0.39, 0.29) is 16.9 Å². The highest BCUT2D eigenvalue weighted by atomic mass is 16.4. The lowest BCUT2D eigenvalue weighted by Crippen LogP contribution is -2.13. The van der Waals surface area contributed by atoms with E-state index in [1.54, 1.807) is 19.9 Å². The number of benzene rings is 1. The first-order chi connectivity index (χ1) is 9.90. The molecule has 1 aromatic heterocycles. The van der Waals surface area contributed by atoms with E-state index in [0.717, 1.165) is 11.8 Å². The number of nitrogens with one attached hydrogen (secondary N) is 1. The number of carbonyl (C=O) groups is 2. The highest BCUT2D eigenvalue weighted by Gasteiger charge is 2.14. The first kappa shape index (κ1) is 14.5. The van der Waals surface area contributed by atoms with E-state index in [2.05, 4.69) is 10.3 Å². The number of carbonyl (C=O) groups excluding carboxylic acids is 1. The fourth-order valence-electron chi connectivity index (χ4n) is 1.93. The van der Waals surface area contributed by atoms with Gasteiger partial charge in [0, 0.05) is 11.9 Å². The van der Waals surface area contributed by atoms with Gasteiger partial charge >= 0.3 is 5.97 Å². The lowest BCUT2D eigenvalue weighted by atomic mass is 10.0. The molecule has 0 fully saturated rings. The van der Waals surface area contributed by atoms with Crippen LogP contribution < -0.4 is 5.32 Å². The number of anilines is 1. The first-order valence-corrected chi connectivity index (χ1v) is 6.19. The molecule has 6 heteroatoms. The molecular weight excluding hydrogens is 272 g/mol. The van der Waals surface area contributed by atoms with Crippen molar-refractivity contribution in [2.45, 2.75) is 13.8 Å². The van der Waals surface area contributed by atoms with Crippen molar-refractivity contribution < 1.29 is 19.8 Å². The van der Waals surface area contributed by atoms with Crippen LogP contribution in [0.2, 0.25) is 0 Å². The molecule has 2 rings (SSSR count). The molecule has 0 unspecified atom stereocenters. The quantitative estimate of drug-likeness (QED) is 0.804. The predicted molar refractivity (Wildman–Crippen MR) is 76.7 cm³/mol. The number of pyridine rings is 1. The van der Waals surface area contributed by atoms with Crippen LogP contribution in [0.15, 0.2) is 30.6 Å². The van der Waals surface area contributed by atoms with E-state index < -0.39 is 11.9 Å². The number of nitrogens with zero attached hydrogens (tertiary/aromatic N) is 1. The Bertz CT molecular complexity index is 726. The van der Waals surface area contributed by atoms with Crippen LogP contribution in [0.1, 0.15) is 31.8 Å². The van der Waals surface area contributed by atoms with E-state index >= 15 is 0 Å². The minimum absolute atomic E-state index is 0.0695. The minimum Gasteiger partial charge on any atom is -0.505 e. The number of aromatic carboxylic acids is 1. The van der Waals surface area contributed by atoms with Gasteiger partial charge in [-0.1, -0.05) is 0 Å². The molecule has 21 heavy (non-hydrogen) atoms. The Kier molecular flexibility index (Phi) is 3.89. The van der Waals surface area contributed by atoms with Gasteiger partial charge in [-0.05, 0) is 43.2 Å². The number of hydrogen-bond acceptors (Lipinski definition) is 4. The lowest BCUT2D eigenvalue weighted by Gasteiger charge is -2.11. The van der Waals surface area contributed by atoms with E-state index in [1.165, 1.54) is 18.3 Å². The molecule has 1 heterocycles. The van der Waals surface area contributed by atoms with Crippen LogP contribution in [-0.4, -0.2) is 27.1 Å². The van der Waals surface area contributed by atoms with Gasteiger partial charge in [-0.25, -0.2) is 4.79 Å². The van der Waals surface area contributed by atoms with Crippen molar-refractivity contribution >= 4 is 17.6 Å². The van der Waals surface area contributed by atoms with E-state index in [9.17, 15) is 14.7 Å². The van der Waals surface area contributed by atoms with Crippen molar-refractivity contribution in [2.75, 3.05) is 5.32 Å². The van der Waals surface area contributed by atoms with E-state index in [4.69, 9.17) is 5.11 Å². The van der Waals surface area contributed by atoms with Crippen molar-refractivity contribution in [3.8, 4) is 5.75 Å². The van der Waals surface area contributed by atoms with Crippen LogP contribution in [0.25, 0.3) is 0 Å². The van der Waals surface area contributed by atoms with E-state index in [0.29, 0.717) is 11.3 Å². The van der Waals surface area contributed by atoms with Gasteiger partial charge in [0.25, 0.3) is 5.91 Å². The monoisotopic (exact) mass is 286 g/mol. The molecule has 0 spiro atoms. The Labute approximate surface area is 121 Å². The van der Waals surface area contributed by atoms with Crippen molar-refractivity contribution in [1.29, 1.82) is 0 Å². The third kappa shape index (κ3) is 3.00. The van der Waals surface area contributed by atoms with Crippen molar-refractivity contribution in [3.63, 3.8) is 0 Å². The number of aromatic hydroxyl groups is 1. The van der Waals surface area contributed by atoms with Crippen LogP contribution in [0.4, 0.5) is 5.69 Å². The second-order valence-electron chi connectivity index (χ2n) is 4.62. The summed E-state index contributed by atoms with van der Waals surface area (Å²) in [6, 6.07) is 4.45. The van der Waals surface area contributed by atoms with Gasteiger partial charge in [0.1, 0.15) is 5.75 Å². The standard InChI is InChI=1S/C15H14N2O4/c1-8-5-10(6-12(9(8)2)15(20)21)17-14(19)11-3-4-16-7-13(11)18/h3-7,18H,1-2H3,(H,17,19)(H,20,21). The fourth-order valence-corrected chi connectivity index (χ4v) is 1.93. The molecule has 0 atom stereocenters. The lowest BCUT2D eigenvalue weighted by molar-refractivity contribution is 0.0695. The van der Waals surface area contributed by atoms with Crippen LogP contribution in [0.3, 0.4) is 0 Å². The number of carboxylic acid groups (broad SMARTS) is 1. The molecule has 2 aromatic rings. The number of rotatable bonds is 3. The Balaban J connectivity index is 2.34. The zero-order valence-electron chi connectivity index (χ0n) is 11.5. The number of aryl methyl sites for hydroxylation is 1. The average molecular weight is 286 g/mol. The molecule has 1 aromatic carbocycles. The van der Waals surface area contributed by atoms with Crippen molar-refractivity contribution in [2.24, 2.45) is 0 Å². The average Bonchev–Trinajstić information content (AvgIpc) is 2.42. The molecule has 0 aliphatic rings. The van der Waals surface area contributed by atoms with Crippen molar-refractivity contribution in [3.05, 3.63) is 52.8 Å². The SMILES string of the molecule is Cc1cc(NC(=O)c2ccncc2O)cc(C(=O)O)c1C. The number of aromatic nitrogens is 1. The zero-order chi connectivity index (χ0) is 15.6. The summed E-state index contributed by atoms with van der Waals surface area (Å²) >= 11 is 0. The smallest absolute Gasteiger partial charge is 0.336 e. The van der Waals surface area contributed by atoms with Gasteiger partial charge in [0.2, 0.25) is 0 Å². The molecular formula is C15H14N2O4. The maximum absolute atomic E-state index is 12.1. The Hall–Kier alpha value is -2.89. The van der Waals surface area contributed by atoms with Crippen molar-refractivity contribution in [1.82, 2.24) is 4.98 Å².